The van der Waals surface area contributed by atoms with Crippen molar-refractivity contribution in [3.63, 3.8) is 0 Å². The van der Waals surface area contributed by atoms with Gasteiger partial charge < -0.3 is 4.74 Å². The molecule has 0 bridgehead atoms. The molecule has 130 valence electrons. The molecule has 0 saturated heterocycles. The maximum atomic E-state index is 11.9. The van der Waals surface area contributed by atoms with Gasteiger partial charge in [0, 0.05) is 10.0 Å². The van der Waals surface area contributed by atoms with Crippen molar-refractivity contribution >= 4 is 28.1 Å². The zero-order chi connectivity index (χ0) is 18.2. The van der Waals surface area contributed by atoms with Crippen LogP contribution in [0.5, 0.6) is 5.75 Å². The van der Waals surface area contributed by atoms with Crippen molar-refractivity contribution < 1.29 is 9.53 Å². The minimum absolute atomic E-state index is 0.240. The van der Waals surface area contributed by atoms with Gasteiger partial charge in [-0.05, 0) is 59.7 Å². The molecule has 0 atom stereocenters. The van der Waals surface area contributed by atoms with Crippen molar-refractivity contribution in [1.29, 1.82) is 0 Å². The second-order valence-electron chi connectivity index (χ2n) is 5.55. The molecule has 0 spiro atoms. The van der Waals surface area contributed by atoms with E-state index in [9.17, 15) is 4.79 Å². The van der Waals surface area contributed by atoms with E-state index in [0.29, 0.717) is 12.2 Å². The molecule has 0 saturated carbocycles. The Morgan fingerprint density at radius 1 is 0.962 bits per heavy atom. The zero-order valence-corrected chi connectivity index (χ0v) is 15.5. The summed E-state index contributed by atoms with van der Waals surface area (Å²) < 4.78 is 6.80. The van der Waals surface area contributed by atoms with Crippen LogP contribution in [0.4, 0.5) is 0 Å². The van der Waals surface area contributed by atoms with Crippen LogP contribution >= 0.6 is 15.9 Å². The second kappa shape index (κ2) is 8.97. The number of carbonyl (C=O) groups is 1. The van der Waals surface area contributed by atoms with Gasteiger partial charge in [-0.1, -0.05) is 46.3 Å². The lowest BCUT2D eigenvalue weighted by Crippen LogP contribution is -2.17. The first kappa shape index (κ1) is 17.9. The standard InChI is InChI=1S/C21H17BrN2O2/c22-19-10-6-17(7-11-19)15-26-20-12-8-16(9-13-20)14-23-24-21(25)18-4-2-1-3-5-18/h1-14H,15H2,(H,24,25). The molecule has 1 amide bonds. The fourth-order valence-electron chi connectivity index (χ4n) is 2.22. The maximum Gasteiger partial charge on any atom is 0.271 e. The molecule has 0 aliphatic heterocycles. The third kappa shape index (κ3) is 5.29. The summed E-state index contributed by atoms with van der Waals surface area (Å²) >= 11 is 3.41. The summed E-state index contributed by atoms with van der Waals surface area (Å²) in [4.78, 5) is 11.9. The molecule has 4 nitrogen and oxygen atoms in total. The molecule has 0 radical (unpaired) electrons. The van der Waals surface area contributed by atoms with Gasteiger partial charge in [-0.3, -0.25) is 4.79 Å². The van der Waals surface area contributed by atoms with Crippen molar-refractivity contribution in [3.05, 3.63) is 100 Å². The van der Waals surface area contributed by atoms with Crippen molar-refractivity contribution in [2.45, 2.75) is 6.61 Å². The van der Waals surface area contributed by atoms with Gasteiger partial charge >= 0.3 is 0 Å². The van der Waals surface area contributed by atoms with E-state index in [2.05, 4.69) is 26.5 Å². The molecule has 0 heterocycles. The predicted molar refractivity (Wildman–Crippen MR) is 106 cm³/mol. The number of rotatable bonds is 6. The Hall–Kier alpha value is -2.92. The van der Waals surface area contributed by atoms with E-state index in [0.717, 1.165) is 21.3 Å². The van der Waals surface area contributed by atoms with Crippen molar-refractivity contribution in [2.24, 2.45) is 5.10 Å². The quantitative estimate of drug-likeness (QED) is 0.470. The molecule has 0 aromatic heterocycles. The van der Waals surface area contributed by atoms with Gasteiger partial charge in [0.2, 0.25) is 0 Å². The fraction of sp³-hybridized carbons (Fsp3) is 0.0476. The van der Waals surface area contributed by atoms with E-state index < -0.39 is 0 Å². The summed E-state index contributed by atoms with van der Waals surface area (Å²) in [5.74, 6) is 0.537. The van der Waals surface area contributed by atoms with Gasteiger partial charge in [-0.15, -0.1) is 0 Å². The maximum absolute atomic E-state index is 11.9. The minimum atomic E-state index is -0.240. The first-order chi connectivity index (χ1) is 12.7. The second-order valence-corrected chi connectivity index (χ2v) is 6.47. The average molecular weight is 409 g/mol. The number of hydrogen-bond acceptors (Lipinski definition) is 3. The number of ether oxygens (including phenoxy) is 1. The highest BCUT2D eigenvalue weighted by atomic mass is 79.9. The Morgan fingerprint density at radius 2 is 1.65 bits per heavy atom. The monoisotopic (exact) mass is 408 g/mol. The van der Waals surface area contributed by atoms with E-state index in [1.54, 1.807) is 18.3 Å². The third-order valence-electron chi connectivity index (χ3n) is 3.61. The van der Waals surface area contributed by atoms with Crippen molar-refractivity contribution in [1.82, 2.24) is 5.43 Å². The van der Waals surface area contributed by atoms with Crippen LogP contribution in [0.3, 0.4) is 0 Å². The number of amides is 1. The van der Waals surface area contributed by atoms with Gasteiger partial charge in [0.25, 0.3) is 5.91 Å². The van der Waals surface area contributed by atoms with Crippen LogP contribution in [-0.2, 0) is 6.61 Å². The Labute approximate surface area is 160 Å². The number of hydrazone groups is 1. The molecular formula is C21H17BrN2O2. The predicted octanol–water partition coefficient (Wildman–Crippen LogP) is 4.79. The SMILES string of the molecule is O=C(NN=Cc1ccc(OCc2ccc(Br)cc2)cc1)c1ccccc1. The average Bonchev–Trinajstić information content (AvgIpc) is 2.69. The van der Waals surface area contributed by atoms with Crippen LogP contribution < -0.4 is 10.2 Å². The molecule has 3 aromatic rings. The number of benzene rings is 3. The number of halogens is 1. The molecule has 0 aliphatic carbocycles. The minimum Gasteiger partial charge on any atom is -0.489 e. The van der Waals surface area contributed by atoms with Crippen molar-refractivity contribution in [3.8, 4) is 5.75 Å². The highest BCUT2D eigenvalue weighted by Gasteiger charge is 2.01. The number of hydrogen-bond donors (Lipinski definition) is 1. The largest absolute Gasteiger partial charge is 0.489 e. The first-order valence-electron chi connectivity index (χ1n) is 8.06. The Kier molecular flexibility index (Phi) is 6.17. The lowest BCUT2D eigenvalue weighted by atomic mass is 10.2. The van der Waals surface area contributed by atoms with Crippen LogP contribution in [0.15, 0.2) is 88.4 Å². The van der Waals surface area contributed by atoms with Gasteiger partial charge in [0.1, 0.15) is 12.4 Å². The molecule has 26 heavy (non-hydrogen) atoms. The zero-order valence-electron chi connectivity index (χ0n) is 13.9. The summed E-state index contributed by atoms with van der Waals surface area (Å²) in [7, 11) is 0. The summed E-state index contributed by atoms with van der Waals surface area (Å²) in [6.07, 6.45) is 1.60. The van der Waals surface area contributed by atoms with E-state index in [4.69, 9.17) is 4.74 Å². The van der Waals surface area contributed by atoms with E-state index in [-0.39, 0.29) is 5.91 Å². The molecule has 0 aliphatic rings. The summed E-state index contributed by atoms with van der Waals surface area (Å²) in [5, 5.41) is 3.98. The third-order valence-corrected chi connectivity index (χ3v) is 4.14. The van der Waals surface area contributed by atoms with E-state index >= 15 is 0 Å². The highest BCUT2D eigenvalue weighted by Crippen LogP contribution is 2.15. The number of carbonyl (C=O) groups excluding carboxylic acids is 1. The topological polar surface area (TPSA) is 50.7 Å². The van der Waals surface area contributed by atoms with Gasteiger partial charge in [-0.2, -0.15) is 5.10 Å². The molecular weight excluding hydrogens is 392 g/mol. The van der Waals surface area contributed by atoms with Crippen LogP contribution in [0.25, 0.3) is 0 Å². The normalized spacial score (nSPS) is 10.7. The van der Waals surface area contributed by atoms with Crippen LogP contribution in [0, 0.1) is 0 Å². The van der Waals surface area contributed by atoms with Gasteiger partial charge in [0.05, 0.1) is 6.21 Å². The molecule has 3 rings (SSSR count). The molecule has 0 fully saturated rings. The fourth-order valence-corrected chi connectivity index (χ4v) is 2.48. The summed E-state index contributed by atoms with van der Waals surface area (Å²) in [5.41, 5.74) is 5.05. The molecule has 3 aromatic carbocycles. The number of nitrogens with zero attached hydrogens (tertiary/aromatic N) is 1. The Bertz CT molecular complexity index is 876. The van der Waals surface area contributed by atoms with Gasteiger partial charge in [-0.25, -0.2) is 5.43 Å². The van der Waals surface area contributed by atoms with Crippen LogP contribution in [0.1, 0.15) is 21.5 Å². The lowest BCUT2D eigenvalue weighted by molar-refractivity contribution is 0.0955. The smallest absolute Gasteiger partial charge is 0.271 e. The van der Waals surface area contributed by atoms with Crippen LogP contribution in [-0.4, -0.2) is 12.1 Å². The summed E-state index contributed by atoms with van der Waals surface area (Å²) in [6, 6.07) is 24.5. The van der Waals surface area contributed by atoms with E-state index in [1.807, 2.05) is 66.7 Å². The Balaban J connectivity index is 1.51. The van der Waals surface area contributed by atoms with Crippen molar-refractivity contribution in [2.75, 3.05) is 0 Å². The molecule has 5 heteroatoms. The summed E-state index contributed by atoms with van der Waals surface area (Å²) in [6.45, 7) is 0.508. The lowest BCUT2D eigenvalue weighted by Gasteiger charge is -2.06. The highest BCUT2D eigenvalue weighted by molar-refractivity contribution is 9.10. The molecule has 0 unspecified atom stereocenters. The number of nitrogens with one attached hydrogen (secondary N) is 1. The van der Waals surface area contributed by atoms with Crippen LogP contribution in [0.2, 0.25) is 0 Å². The van der Waals surface area contributed by atoms with E-state index in [1.165, 1.54) is 0 Å². The van der Waals surface area contributed by atoms with Gasteiger partial charge in [0.15, 0.2) is 0 Å². The molecule has 1 N–H and O–H groups in total. The first-order valence-corrected chi connectivity index (χ1v) is 8.86. The Morgan fingerprint density at radius 3 is 2.35 bits per heavy atom.